The van der Waals surface area contributed by atoms with E-state index in [0.29, 0.717) is 5.55 Å². The Hall–Kier alpha value is -2.75. The number of ether oxygens (including phenoxy) is 1. The van der Waals surface area contributed by atoms with Crippen LogP contribution >= 0.6 is 0 Å². The molecule has 1 heterocycles. The predicted molar refractivity (Wildman–Crippen MR) is 80.8 cm³/mol. The molecule has 0 fully saturated rings. The summed E-state index contributed by atoms with van der Waals surface area (Å²) < 4.78 is 11.0. The minimum atomic E-state index is 0.460. The monoisotopic (exact) mass is 281 g/mol. The number of methoxy groups -OCH3 is 1. The molecule has 0 bridgehead atoms. The second-order valence-electron chi connectivity index (χ2n) is 4.51. The highest BCUT2D eigenvalue weighted by Gasteiger charge is 2.06. The number of fused-ring (bicyclic) bond motifs is 1. The lowest BCUT2D eigenvalue weighted by molar-refractivity contribution is 0.186. The average molecular weight is 281 g/mol. The molecule has 4 heteroatoms. The van der Waals surface area contributed by atoms with Gasteiger partial charge in [0.15, 0.2) is 0 Å². The van der Waals surface area contributed by atoms with Crippen LogP contribution in [0.3, 0.4) is 0 Å². The normalized spacial score (nSPS) is 11.6. The third-order valence-electron chi connectivity index (χ3n) is 3.23. The van der Waals surface area contributed by atoms with Crippen molar-refractivity contribution in [3.05, 3.63) is 60.2 Å². The van der Waals surface area contributed by atoms with Gasteiger partial charge in [0, 0.05) is 10.9 Å². The summed E-state index contributed by atoms with van der Waals surface area (Å²) in [6, 6.07) is 17.6. The van der Waals surface area contributed by atoms with E-state index in [0.717, 1.165) is 27.8 Å². The van der Waals surface area contributed by atoms with Gasteiger partial charge in [-0.15, -0.1) is 0 Å². The molecule has 106 valence electrons. The molecule has 4 nitrogen and oxygen atoms in total. The van der Waals surface area contributed by atoms with Crippen LogP contribution in [0.4, 0.5) is 0 Å². The van der Waals surface area contributed by atoms with Crippen LogP contribution in [0.1, 0.15) is 0 Å². The third kappa shape index (κ3) is 2.60. The summed E-state index contributed by atoms with van der Waals surface area (Å²) in [6.45, 7) is 0. The Labute approximate surface area is 122 Å². The lowest BCUT2D eigenvalue weighted by Crippen LogP contribution is -2.04. The van der Waals surface area contributed by atoms with Crippen LogP contribution < -0.4 is 10.3 Å². The first-order chi connectivity index (χ1) is 10.3. The molecule has 1 aromatic heterocycles. The molecule has 0 radical (unpaired) electrons. The first-order valence-corrected chi connectivity index (χ1v) is 6.56. The Morgan fingerprint density at radius 2 is 1.71 bits per heavy atom. The Kier molecular flexibility index (Phi) is 3.60. The molecular formula is C17H15NO3. The number of hydrogen-bond acceptors (Lipinski definition) is 4. The highest BCUT2D eigenvalue weighted by atomic mass is 16.6. The number of hydrogen-bond donors (Lipinski definition) is 0. The maximum Gasteiger partial charge on any atom is 0.263 e. The highest BCUT2D eigenvalue weighted by Crippen LogP contribution is 2.24. The number of rotatable bonds is 3. The smallest absolute Gasteiger partial charge is 0.263 e. The van der Waals surface area contributed by atoms with E-state index in [1.54, 1.807) is 7.11 Å². The predicted octanol–water partition coefficient (Wildman–Crippen LogP) is 3.57. The zero-order valence-electron chi connectivity index (χ0n) is 11.9. The molecule has 0 aliphatic heterocycles. The summed E-state index contributed by atoms with van der Waals surface area (Å²) in [6.07, 6.45) is 0. The van der Waals surface area contributed by atoms with Crippen molar-refractivity contribution in [2.24, 2.45) is 5.16 Å². The fourth-order valence-corrected chi connectivity index (χ4v) is 2.20. The van der Waals surface area contributed by atoms with E-state index in [2.05, 4.69) is 5.16 Å². The van der Waals surface area contributed by atoms with Gasteiger partial charge in [-0.1, -0.05) is 18.2 Å². The lowest BCUT2D eigenvalue weighted by atomic mass is 10.1. The topological polar surface area (TPSA) is 44.0 Å². The van der Waals surface area contributed by atoms with Gasteiger partial charge >= 0.3 is 0 Å². The van der Waals surface area contributed by atoms with Crippen LogP contribution in [0.2, 0.25) is 0 Å². The molecule has 0 saturated heterocycles. The summed E-state index contributed by atoms with van der Waals surface area (Å²) in [7, 11) is 3.15. The quantitative estimate of drug-likeness (QED) is 0.689. The van der Waals surface area contributed by atoms with Crippen molar-refractivity contribution in [3.8, 4) is 17.1 Å². The minimum absolute atomic E-state index is 0.460. The van der Waals surface area contributed by atoms with Crippen LogP contribution in [0.25, 0.3) is 22.1 Å². The fourth-order valence-electron chi connectivity index (χ4n) is 2.20. The van der Waals surface area contributed by atoms with E-state index in [4.69, 9.17) is 14.0 Å². The van der Waals surface area contributed by atoms with Crippen LogP contribution in [-0.2, 0) is 4.84 Å². The number of benzene rings is 2. The maximum atomic E-state index is 5.86. The molecule has 0 aliphatic carbocycles. The molecule has 0 N–H and O–H groups in total. The molecule has 0 spiro atoms. The van der Waals surface area contributed by atoms with Gasteiger partial charge in [-0.3, -0.25) is 0 Å². The molecule has 0 amide bonds. The summed E-state index contributed by atoms with van der Waals surface area (Å²) in [5.74, 6) is 1.54. The Balaban J connectivity index is 2.20. The Morgan fingerprint density at radius 3 is 2.43 bits per heavy atom. The summed E-state index contributed by atoms with van der Waals surface area (Å²) >= 11 is 0. The van der Waals surface area contributed by atoms with E-state index in [9.17, 15) is 0 Å². The van der Waals surface area contributed by atoms with Crippen molar-refractivity contribution in [2.75, 3.05) is 14.2 Å². The minimum Gasteiger partial charge on any atom is -0.497 e. The van der Waals surface area contributed by atoms with Gasteiger partial charge in [0.05, 0.1) is 7.11 Å². The van der Waals surface area contributed by atoms with Crippen molar-refractivity contribution < 1.29 is 14.0 Å². The molecule has 0 unspecified atom stereocenters. The first-order valence-electron chi connectivity index (χ1n) is 6.56. The zero-order chi connectivity index (χ0) is 14.7. The lowest BCUT2D eigenvalue weighted by Gasteiger charge is -2.05. The second kappa shape index (κ2) is 5.71. The molecule has 0 saturated carbocycles. The van der Waals surface area contributed by atoms with Crippen molar-refractivity contribution in [1.29, 1.82) is 0 Å². The maximum absolute atomic E-state index is 5.86. The Morgan fingerprint density at radius 1 is 0.952 bits per heavy atom. The summed E-state index contributed by atoms with van der Waals surface area (Å²) in [5.41, 5.74) is 1.41. The van der Waals surface area contributed by atoms with E-state index in [-0.39, 0.29) is 0 Å². The van der Waals surface area contributed by atoms with Crippen molar-refractivity contribution in [1.82, 2.24) is 0 Å². The van der Waals surface area contributed by atoms with Crippen molar-refractivity contribution >= 4 is 10.8 Å². The molecule has 3 rings (SSSR count). The van der Waals surface area contributed by atoms with Gasteiger partial charge in [-0.25, -0.2) is 0 Å². The molecule has 3 aromatic rings. The molecular weight excluding hydrogens is 266 g/mol. The molecule has 21 heavy (non-hydrogen) atoms. The Bertz CT molecular complexity index is 819. The molecule has 0 atom stereocenters. The SMILES string of the molecule is CO/N=c1\oc(-c2ccc(OC)cc2)cc2ccccc12. The molecule has 2 aromatic carbocycles. The van der Waals surface area contributed by atoms with Crippen molar-refractivity contribution in [3.63, 3.8) is 0 Å². The van der Waals surface area contributed by atoms with Gasteiger partial charge in [0.25, 0.3) is 5.55 Å². The van der Waals surface area contributed by atoms with Crippen LogP contribution in [0.15, 0.2) is 64.2 Å². The average Bonchev–Trinajstić information content (AvgIpc) is 2.55. The largest absolute Gasteiger partial charge is 0.497 e. The van der Waals surface area contributed by atoms with Gasteiger partial charge in [0.2, 0.25) is 0 Å². The van der Waals surface area contributed by atoms with E-state index in [1.165, 1.54) is 7.11 Å². The summed E-state index contributed by atoms with van der Waals surface area (Å²) in [5, 5.41) is 5.92. The summed E-state index contributed by atoms with van der Waals surface area (Å²) in [4.78, 5) is 4.87. The third-order valence-corrected chi connectivity index (χ3v) is 3.23. The van der Waals surface area contributed by atoms with Crippen LogP contribution in [0, 0.1) is 0 Å². The van der Waals surface area contributed by atoms with E-state index in [1.807, 2.05) is 54.6 Å². The zero-order valence-corrected chi connectivity index (χ0v) is 11.9. The standard InChI is InChI=1S/C17H15NO3/c1-19-14-9-7-12(8-10-14)16-11-13-5-3-4-6-15(13)17(21-16)18-20-2/h3-11H,1-2H3/b18-17-. The molecule has 0 aliphatic rings. The number of nitrogens with zero attached hydrogens (tertiary/aromatic N) is 1. The van der Waals surface area contributed by atoms with E-state index >= 15 is 0 Å². The van der Waals surface area contributed by atoms with Crippen LogP contribution in [0.5, 0.6) is 5.75 Å². The second-order valence-corrected chi connectivity index (χ2v) is 4.51. The first kappa shape index (κ1) is 13.2. The van der Waals surface area contributed by atoms with Gasteiger partial charge < -0.3 is 14.0 Å². The highest BCUT2D eigenvalue weighted by molar-refractivity contribution is 5.83. The fraction of sp³-hybridized carbons (Fsp3) is 0.118. The van der Waals surface area contributed by atoms with E-state index < -0.39 is 0 Å². The van der Waals surface area contributed by atoms with Crippen LogP contribution in [-0.4, -0.2) is 14.2 Å². The van der Waals surface area contributed by atoms with Gasteiger partial charge in [-0.05, 0) is 46.9 Å². The van der Waals surface area contributed by atoms with Gasteiger partial charge in [-0.2, -0.15) is 0 Å². The van der Waals surface area contributed by atoms with Crippen molar-refractivity contribution in [2.45, 2.75) is 0 Å². The van der Waals surface area contributed by atoms with Gasteiger partial charge in [0.1, 0.15) is 18.6 Å².